The monoisotopic (exact) mass is 446 g/mol. The molecule has 0 radical (unpaired) electrons. The first-order valence-electron chi connectivity index (χ1n) is 10.7. The van der Waals surface area contributed by atoms with Crippen molar-refractivity contribution in [1.29, 1.82) is 0 Å². The Labute approximate surface area is 188 Å². The highest BCUT2D eigenvalue weighted by atomic mass is 32.2. The topological polar surface area (TPSA) is 50.8 Å². The van der Waals surface area contributed by atoms with Crippen molar-refractivity contribution in [2.75, 3.05) is 39.2 Å². The summed E-state index contributed by atoms with van der Waals surface area (Å²) in [5.74, 6) is 1.22. The summed E-state index contributed by atoms with van der Waals surface area (Å²) in [6, 6.07) is 14.7. The van der Waals surface area contributed by atoms with Crippen molar-refractivity contribution in [3.63, 3.8) is 0 Å². The molecule has 0 aromatic heterocycles. The lowest BCUT2D eigenvalue weighted by molar-refractivity contribution is -0.120. The summed E-state index contributed by atoms with van der Waals surface area (Å²) in [7, 11) is 2.14. The number of nitrogens with zero attached hydrogens (tertiary/aromatic N) is 1. The molecule has 1 saturated heterocycles. The molecule has 0 bridgehead atoms. The average molecular weight is 447 g/mol. The maximum absolute atomic E-state index is 12.9. The molecule has 0 spiro atoms. The number of amides is 1. The van der Waals surface area contributed by atoms with Crippen molar-refractivity contribution in [2.24, 2.45) is 0 Å². The van der Waals surface area contributed by atoms with E-state index in [9.17, 15) is 9.18 Å². The molecule has 1 heterocycles. The molecule has 5 nitrogen and oxygen atoms in total. The van der Waals surface area contributed by atoms with Gasteiger partial charge in [0.1, 0.15) is 18.2 Å². The Morgan fingerprint density at radius 3 is 2.77 bits per heavy atom. The first kappa shape index (κ1) is 23.6. The molecular formula is C24H31FN2O3S. The first-order valence-corrected chi connectivity index (χ1v) is 11.7. The molecule has 7 heteroatoms. The molecule has 1 aliphatic heterocycles. The van der Waals surface area contributed by atoms with Crippen molar-refractivity contribution in [3.8, 4) is 5.75 Å². The van der Waals surface area contributed by atoms with Gasteiger partial charge in [-0.15, -0.1) is 11.8 Å². The summed E-state index contributed by atoms with van der Waals surface area (Å²) >= 11 is 1.54. The van der Waals surface area contributed by atoms with Gasteiger partial charge in [-0.3, -0.25) is 9.69 Å². The van der Waals surface area contributed by atoms with Gasteiger partial charge in [0.25, 0.3) is 0 Å². The van der Waals surface area contributed by atoms with Crippen molar-refractivity contribution >= 4 is 17.7 Å². The molecule has 1 amide bonds. The average Bonchev–Trinajstić information content (AvgIpc) is 2.80. The summed E-state index contributed by atoms with van der Waals surface area (Å²) in [6.45, 7) is 3.66. The zero-order valence-corrected chi connectivity index (χ0v) is 18.8. The fourth-order valence-electron chi connectivity index (χ4n) is 3.44. The number of benzene rings is 2. The van der Waals surface area contributed by atoms with Gasteiger partial charge in [-0.1, -0.05) is 12.1 Å². The molecule has 1 aliphatic rings. The summed E-state index contributed by atoms with van der Waals surface area (Å²) in [5, 5.41) is 2.95. The van der Waals surface area contributed by atoms with Crippen LogP contribution in [0.5, 0.6) is 5.75 Å². The Hall–Kier alpha value is -2.09. The number of rotatable bonds is 11. The Morgan fingerprint density at radius 2 is 2.00 bits per heavy atom. The number of hydrogen-bond donors (Lipinski definition) is 1. The number of ether oxygens (including phenoxy) is 2. The van der Waals surface area contributed by atoms with Gasteiger partial charge in [-0.2, -0.15) is 0 Å². The minimum atomic E-state index is -0.250. The molecule has 0 saturated carbocycles. The number of halogens is 1. The smallest absolute Gasteiger partial charge is 0.221 e. The lowest BCUT2D eigenvalue weighted by atomic mass is 10.1. The molecule has 1 fully saturated rings. The summed E-state index contributed by atoms with van der Waals surface area (Å²) in [4.78, 5) is 15.4. The number of thioether (sulfide) groups is 1. The highest BCUT2D eigenvalue weighted by molar-refractivity contribution is 7.99. The maximum Gasteiger partial charge on any atom is 0.221 e. The Bertz CT molecular complexity index is 813. The fraction of sp³-hybridized carbons (Fsp3) is 0.458. The predicted octanol–water partition coefficient (Wildman–Crippen LogP) is 4.11. The molecule has 1 N–H and O–H groups in total. The third-order valence-corrected chi connectivity index (χ3v) is 6.34. The third kappa shape index (κ3) is 8.51. The first-order chi connectivity index (χ1) is 15.1. The number of likely N-dealkylation sites (N-methyl/N-ethyl adjacent to an activating group) is 1. The van der Waals surface area contributed by atoms with Gasteiger partial charge < -0.3 is 14.8 Å². The quantitative estimate of drug-likeness (QED) is 0.527. The van der Waals surface area contributed by atoms with Crippen LogP contribution in [0.1, 0.15) is 24.8 Å². The van der Waals surface area contributed by atoms with Crippen LogP contribution in [0.3, 0.4) is 0 Å². The van der Waals surface area contributed by atoms with Gasteiger partial charge in [-0.25, -0.2) is 4.39 Å². The van der Waals surface area contributed by atoms with E-state index in [1.165, 1.54) is 12.1 Å². The second-order valence-electron chi connectivity index (χ2n) is 7.65. The van der Waals surface area contributed by atoms with Crippen LogP contribution in [-0.4, -0.2) is 56.0 Å². The van der Waals surface area contributed by atoms with E-state index in [0.29, 0.717) is 31.4 Å². The van der Waals surface area contributed by atoms with Crippen LogP contribution >= 0.6 is 11.8 Å². The number of nitrogens with one attached hydrogen (secondary N) is 1. The van der Waals surface area contributed by atoms with Gasteiger partial charge >= 0.3 is 0 Å². The lowest BCUT2D eigenvalue weighted by Gasteiger charge is -2.31. The number of carbonyl (C=O) groups is 1. The van der Waals surface area contributed by atoms with E-state index in [4.69, 9.17) is 9.47 Å². The molecule has 31 heavy (non-hydrogen) atoms. The van der Waals surface area contributed by atoms with E-state index in [1.807, 2.05) is 24.3 Å². The van der Waals surface area contributed by atoms with Gasteiger partial charge in [0.05, 0.1) is 0 Å². The van der Waals surface area contributed by atoms with E-state index >= 15 is 0 Å². The Morgan fingerprint density at radius 1 is 1.23 bits per heavy atom. The Kier molecular flexibility index (Phi) is 9.65. The SMILES string of the molecule is CN(CCOc1cccc(CNC(=O)CCSc2ccc(F)cc2)c1)C1CCOCC1. The molecule has 3 rings (SSSR count). The van der Waals surface area contributed by atoms with Crippen molar-refractivity contribution in [2.45, 2.75) is 36.7 Å². The molecule has 2 aromatic carbocycles. The molecule has 168 valence electrons. The third-order valence-electron chi connectivity index (χ3n) is 5.33. The van der Waals surface area contributed by atoms with Crippen LogP contribution in [0.25, 0.3) is 0 Å². The maximum atomic E-state index is 12.9. The van der Waals surface area contributed by atoms with Crippen LogP contribution in [0, 0.1) is 5.82 Å². The second-order valence-corrected chi connectivity index (χ2v) is 8.82. The molecule has 0 unspecified atom stereocenters. The van der Waals surface area contributed by atoms with Gasteiger partial charge in [0, 0.05) is 49.4 Å². The number of hydrogen-bond acceptors (Lipinski definition) is 5. The minimum Gasteiger partial charge on any atom is -0.492 e. The second kappa shape index (κ2) is 12.7. The van der Waals surface area contributed by atoms with Crippen molar-refractivity contribution < 1.29 is 18.7 Å². The van der Waals surface area contributed by atoms with E-state index in [-0.39, 0.29) is 11.7 Å². The largest absolute Gasteiger partial charge is 0.492 e. The highest BCUT2D eigenvalue weighted by Crippen LogP contribution is 2.19. The van der Waals surface area contributed by atoms with Crippen LogP contribution in [0.15, 0.2) is 53.4 Å². The van der Waals surface area contributed by atoms with Crippen molar-refractivity contribution in [3.05, 3.63) is 59.9 Å². The summed E-state index contributed by atoms with van der Waals surface area (Å²) < 4.78 is 24.3. The molecule has 0 aliphatic carbocycles. The van der Waals surface area contributed by atoms with E-state index < -0.39 is 0 Å². The van der Waals surface area contributed by atoms with Gasteiger partial charge in [-0.05, 0) is 61.9 Å². The summed E-state index contributed by atoms with van der Waals surface area (Å²) in [5.41, 5.74) is 1.01. The van der Waals surface area contributed by atoms with E-state index in [0.717, 1.165) is 48.8 Å². The zero-order valence-electron chi connectivity index (χ0n) is 18.0. The van der Waals surface area contributed by atoms with Crippen molar-refractivity contribution in [1.82, 2.24) is 10.2 Å². The van der Waals surface area contributed by atoms with Crippen LogP contribution < -0.4 is 10.1 Å². The molecule has 2 aromatic rings. The van der Waals surface area contributed by atoms with Crippen LogP contribution in [0.2, 0.25) is 0 Å². The van der Waals surface area contributed by atoms with Gasteiger partial charge in [0.2, 0.25) is 5.91 Å². The predicted molar refractivity (Wildman–Crippen MR) is 122 cm³/mol. The normalized spacial score (nSPS) is 14.5. The Balaban J connectivity index is 1.33. The summed E-state index contributed by atoms with van der Waals surface area (Å²) in [6.07, 6.45) is 2.57. The van der Waals surface area contributed by atoms with Crippen LogP contribution in [-0.2, 0) is 16.1 Å². The highest BCUT2D eigenvalue weighted by Gasteiger charge is 2.18. The minimum absolute atomic E-state index is 0.000908. The standard InChI is InChI=1S/C24H31FN2O3S/c1-27(21-9-13-29-14-10-21)12-15-30-22-4-2-3-19(17-22)18-26-24(28)11-16-31-23-7-5-20(25)6-8-23/h2-8,17,21H,9-16,18H2,1H3,(H,26,28). The molecular weight excluding hydrogens is 415 g/mol. The van der Waals surface area contributed by atoms with E-state index in [1.54, 1.807) is 23.9 Å². The fourth-order valence-corrected chi connectivity index (χ4v) is 4.29. The zero-order chi connectivity index (χ0) is 21.9. The van der Waals surface area contributed by atoms with E-state index in [2.05, 4.69) is 17.3 Å². The van der Waals surface area contributed by atoms with Crippen LogP contribution in [0.4, 0.5) is 4.39 Å². The number of carbonyl (C=O) groups excluding carboxylic acids is 1. The van der Waals surface area contributed by atoms with Gasteiger partial charge in [0.15, 0.2) is 0 Å². The lowest BCUT2D eigenvalue weighted by Crippen LogP contribution is -2.38. The molecule has 0 atom stereocenters.